The number of carbonyl (C=O) groups is 2. The van der Waals surface area contributed by atoms with Gasteiger partial charge in [-0.3, -0.25) is 4.79 Å². The minimum Gasteiger partial charge on any atom is -0.444 e. The zero-order chi connectivity index (χ0) is 18.9. The van der Waals surface area contributed by atoms with Gasteiger partial charge >= 0.3 is 6.09 Å². The highest BCUT2D eigenvalue weighted by Gasteiger charge is 2.28. The Morgan fingerprint density at radius 2 is 1.85 bits per heavy atom. The van der Waals surface area contributed by atoms with Crippen molar-refractivity contribution in [2.45, 2.75) is 32.8 Å². The summed E-state index contributed by atoms with van der Waals surface area (Å²) in [5.41, 5.74) is 0.198. The lowest BCUT2D eigenvalue weighted by Crippen LogP contribution is -2.51. The number of amides is 2. The predicted octanol–water partition coefficient (Wildman–Crippen LogP) is 3.21. The molecule has 1 aromatic carbocycles. The van der Waals surface area contributed by atoms with Crippen LogP contribution in [-0.4, -0.2) is 58.7 Å². The fourth-order valence-electron chi connectivity index (χ4n) is 2.81. The van der Waals surface area contributed by atoms with Crippen molar-refractivity contribution in [1.29, 1.82) is 0 Å². The maximum absolute atomic E-state index is 12.6. The summed E-state index contributed by atoms with van der Waals surface area (Å²) in [6, 6.07) is 5.64. The standard InChI is InChI=1S/C18H22BrN3O4/c1-18(2,3)25-17(24)22-8-6-21(7-9-22)16(23)11-15-13-5-4-12(19)10-14(13)20-26-15/h4-5,10H,6-9,11H2,1-3H3. The second-order valence-electron chi connectivity index (χ2n) is 7.29. The minimum atomic E-state index is -0.521. The van der Waals surface area contributed by atoms with Gasteiger partial charge in [0.1, 0.15) is 11.1 Å². The summed E-state index contributed by atoms with van der Waals surface area (Å²) in [5, 5.41) is 4.84. The first kappa shape index (κ1) is 18.7. The van der Waals surface area contributed by atoms with Crippen LogP contribution >= 0.6 is 15.9 Å². The van der Waals surface area contributed by atoms with Gasteiger partial charge in [0.25, 0.3) is 0 Å². The Kier molecular flexibility index (Phi) is 5.22. The fraction of sp³-hybridized carbons (Fsp3) is 0.500. The van der Waals surface area contributed by atoms with E-state index in [-0.39, 0.29) is 18.4 Å². The fourth-order valence-corrected chi connectivity index (χ4v) is 3.16. The second-order valence-corrected chi connectivity index (χ2v) is 8.21. The van der Waals surface area contributed by atoms with E-state index in [1.807, 2.05) is 39.0 Å². The van der Waals surface area contributed by atoms with E-state index in [9.17, 15) is 9.59 Å². The molecule has 0 N–H and O–H groups in total. The molecule has 1 aliphatic heterocycles. The first-order valence-electron chi connectivity index (χ1n) is 8.52. The summed E-state index contributed by atoms with van der Waals surface area (Å²) >= 11 is 3.39. The van der Waals surface area contributed by atoms with E-state index in [0.717, 1.165) is 15.4 Å². The van der Waals surface area contributed by atoms with Crippen LogP contribution in [0.25, 0.3) is 10.9 Å². The quantitative estimate of drug-likeness (QED) is 0.740. The number of benzene rings is 1. The molecule has 0 unspecified atom stereocenters. The Bertz CT molecular complexity index is 819. The molecule has 0 aliphatic carbocycles. The number of piperazine rings is 1. The lowest BCUT2D eigenvalue weighted by Gasteiger charge is -2.35. The van der Waals surface area contributed by atoms with E-state index in [1.165, 1.54) is 0 Å². The number of aromatic nitrogens is 1. The maximum Gasteiger partial charge on any atom is 0.410 e. The van der Waals surface area contributed by atoms with Crippen LogP contribution in [0.2, 0.25) is 0 Å². The van der Waals surface area contributed by atoms with Gasteiger partial charge in [0.2, 0.25) is 5.91 Å². The smallest absolute Gasteiger partial charge is 0.410 e. The van der Waals surface area contributed by atoms with Crippen LogP contribution in [-0.2, 0) is 16.0 Å². The van der Waals surface area contributed by atoms with Gasteiger partial charge in [-0.05, 0) is 39.0 Å². The molecule has 0 saturated carbocycles. The van der Waals surface area contributed by atoms with Gasteiger partial charge in [0, 0.05) is 36.0 Å². The molecule has 1 aromatic heterocycles. The molecule has 0 atom stereocenters. The van der Waals surface area contributed by atoms with Crippen molar-refractivity contribution < 1.29 is 18.8 Å². The molecule has 0 radical (unpaired) electrons. The number of hydrogen-bond acceptors (Lipinski definition) is 5. The molecule has 3 rings (SSSR count). The van der Waals surface area contributed by atoms with Crippen molar-refractivity contribution >= 4 is 38.8 Å². The number of rotatable bonds is 2. The molecule has 0 spiro atoms. The summed E-state index contributed by atoms with van der Waals surface area (Å²) in [6.07, 6.45) is -0.179. The molecular formula is C18H22BrN3O4. The van der Waals surface area contributed by atoms with E-state index in [0.29, 0.717) is 31.9 Å². The Balaban J connectivity index is 1.57. The topological polar surface area (TPSA) is 75.9 Å². The van der Waals surface area contributed by atoms with Crippen molar-refractivity contribution in [2.24, 2.45) is 0 Å². The lowest BCUT2D eigenvalue weighted by atomic mass is 10.1. The highest BCUT2D eigenvalue weighted by Crippen LogP contribution is 2.23. The van der Waals surface area contributed by atoms with Gasteiger partial charge in [-0.15, -0.1) is 0 Å². The second kappa shape index (κ2) is 7.26. The van der Waals surface area contributed by atoms with Gasteiger partial charge in [-0.1, -0.05) is 21.1 Å². The van der Waals surface area contributed by atoms with Gasteiger partial charge in [-0.25, -0.2) is 4.79 Å². The molecular weight excluding hydrogens is 402 g/mol. The molecule has 2 amide bonds. The number of carbonyl (C=O) groups excluding carboxylic acids is 2. The predicted molar refractivity (Wildman–Crippen MR) is 99.8 cm³/mol. The third-order valence-electron chi connectivity index (χ3n) is 4.11. The maximum atomic E-state index is 12.6. The number of fused-ring (bicyclic) bond motifs is 1. The SMILES string of the molecule is CC(C)(C)OC(=O)N1CCN(C(=O)Cc2onc3cc(Br)ccc23)CC1. The number of ether oxygens (including phenoxy) is 1. The Morgan fingerprint density at radius 3 is 2.50 bits per heavy atom. The average molecular weight is 424 g/mol. The van der Waals surface area contributed by atoms with E-state index in [2.05, 4.69) is 21.1 Å². The van der Waals surface area contributed by atoms with Gasteiger partial charge in [0.15, 0.2) is 5.76 Å². The minimum absolute atomic E-state index is 0.0326. The van der Waals surface area contributed by atoms with Crippen LogP contribution in [0, 0.1) is 0 Å². The molecule has 26 heavy (non-hydrogen) atoms. The molecule has 2 aromatic rings. The monoisotopic (exact) mass is 423 g/mol. The molecule has 140 valence electrons. The Hall–Kier alpha value is -2.09. The zero-order valence-electron chi connectivity index (χ0n) is 15.1. The molecule has 7 nitrogen and oxygen atoms in total. The van der Waals surface area contributed by atoms with Crippen molar-refractivity contribution in [1.82, 2.24) is 15.0 Å². The lowest BCUT2D eigenvalue weighted by molar-refractivity contribution is -0.132. The molecule has 0 bridgehead atoms. The van der Waals surface area contributed by atoms with Crippen LogP contribution in [0.4, 0.5) is 4.79 Å². The Labute approximate surface area is 160 Å². The molecule has 1 saturated heterocycles. The van der Waals surface area contributed by atoms with Crippen LogP contribution < -0.4 is 0 Å². The Morgan fingerprint density at radius 1 is 1.19 bits per heavy atom. The average Bonchev–Trinajstić information content (AvgIpc) is 2.95. The summed E-state index contributed by atoms with van der Waals surface area (Å²) in [5.74, 6) is 0.530. The first-order chi connectivity index (χ1) is 12.2. The molecule has 8 heteroatoms. The van der Waals surface area contributed by atoms with Gasteiger partial charge in [-0.2, -0.15) is 0 Å². The summed E-state index contributed by atoms with van der Waals surface area (Å²) in [7, 11) is 0. The number of halogens is 1. The van der Waals surface area contributed by atoms with Crippen molar-refractivity contribution in [3.8, 4) is 0 Å². The van der Waals surface area contributed by atoms with E-state index in [4.69, 9.17) is 9.26 Å². The van der Waals surface area contributed by atoms with Crippen LogP contribution in [0.5, 0.6) is 0 Å². The van der Waals surface area contributed by atoms with Crippen molar-refractivity contribution in [2.75, 3.05) is 26.2 Å². The highest BCUT2D eigenvalue weighted by atomic mass is 79.9. The van der Waals surface area contributed by atoms with Gasteiger partial charge in [0.05, 0.1) is 6.42 Å². The normalized spacial score (nSPS) is 15.4. The van der Waals surface area contributed by atoms with Crippen molar-refractivity contribution in [3.63, 3.8) is 0 Å². The number of nitrogens with zero attached hydrogens (tertiary/aromatic N) is 3. The molecule has 1 aliphatic rings. The van der Waals surface area contributed by atoms with E-state index >= 15 is 0 Å². The zero-order valence-corrected chi connectivity index (χ0v) is 16.7. The van der Waals surface area contributed by atoms with Gasteiger partial charge < -0.3 is 19.1 Å². The highest BCUT2D eigenvalue weighted by molar-refractivity contribution is 9.10. The largest absolute Gasteiger partial charge is 0.444 e. The summed E-state index contributed by atoms with van der Waals surface area (Å²) < 4.78 is 11.6. The molecule has 1 fully saturated rings. The van der Waals surface area contributed by atoms with E-state index < -0.39 is 5.60 Å². The van der Waals surface area contributed by atoms with Crippen molar-refractivity contribution in [3.05, 3.63) is 28.4 Å². The van der Waals surface area contributed by atoms with E-state index in [1.54, 1.807) is 9.80 Å². The van der Waals surface area contributed by atoms with Crippen LogP contribution in [0.1, 0.15) is 26.5 Å². The number of hydrogen-bond donors (Lipinski definition) is 0. The first-order valence-corrected chi connectivity index (χ1v) is 9.32. The summed E-state index contributed by atoms with van der Waals surface area (Å²) in [4.78, 5) is 28.0. The third-order valence-corrected chi connectivity index (χ3v) is 4.60. The van der Waals surface area contributed by atoms with Crippen LogP contribution in [0.3, 0.4) is 0 Å². The van der Waals surface area contributed by atoms with Crippen LogP contribution in [0.15, 0.2) is 27.2 Å². The summed E-state index contributed by atoms with van der Waals surface area (Å²) in [6.45, 7) is 7.40. The third kappa shape index (κ3) is 4.35. The molecule has 2 heterocycles.